The Morgan fingerprint density at radius 1 is 1.18 bits per heavy atom. The molecule has 3 rings (SSSR count). The van der Waals surface area contributed by atoms with Crippen LogP contribution in [0.2, 0.25) is 0 Å². The summed E-state index contributed by atoms with van der Waals surface area (Å²) in [7, 11) is 0. The predicted molar refractivity (Wildman–Crippen MR) is 87.8 cm³/mol. The number of carbonyl (C=O) groups excluding carboxylic acids is 1. The third-order valence-corrected chi connectivity index (χ3v) is 5.18. The molecule has 110 valence electrons. The topological polar surface area (TPSA) is 73.1 Å². The number of rotatable bonds is 5. The fraction of sp³-hybridized carbons (Fsp3) is 0.0667. The second-order valence-corrected chi connectivity index (χ2v) is 6.69. The van der Waals surface area contributed by atoms with E-state index in [1.165, 1.54) is 35.2 Å². The summed E-state index contributed by atoms with van der Waals surface area (Å²) in [6.45, 7) is 0. The van der Waals surface area contributed by atoms with Crippen LogP contribution in [0.3, 0.4) is 0 Å². The van der Waals surface area contributed by atoms with E-state index in [-0.39, 0.29) is 22.8 Å². The van der Waals surface area contributed by atoms with E-state index in [4.69, 9.17) is 0 Å². The van der Waals surface area contributed by atoms with Crippen molar-refractivity contribution in [1.29, 1.82) is 0 Å². The average molecular weight is 330 g/mol. The first kappa shape index (κ1) is 14.7. The van der Waals surface area contributed by atoms with Gasteiger partial charge in [0.15, 0.2) is 10.1 Å². The molecule has 0 aliphatic heterocycles. The first-order chi connectivity index (χ1) is 10.6. The van der Waals surface area contributed by atoms with Crippen molar-refractivity contribution in [1.82, 2.24) is 4.98 Å². The molecule has 22 heavy (non-hydrogen) atoms. The number of nitrogens with zero attached hydrogens (tertiary/aromatic N) is 2. The van der Waals surface area contributed by atoms with Gasteiger partial charge in [-0.1, -0.05) is 36.0 Å². The number of fused-ring (bicyclic) bond motifs is 1. The molecule has 0 saturated carbocycles. The molecule has 0 unspecified atom stereocenters. The monoisotopic (exact) mass is 330 g/mol. The first-order valence-electron chi connectivity index (χ1n) is 6.40. The lowest BCUT2D eigenvalue weighted by Crippen LogP contribution is -2.06. The highest BCUT2D eigenvalue weighted by atomic mass is 32.2. The molecule has 0 radical (unpaired) electrons. The standard InChI is InChI=1S/C15H10N2O3S2/c18-13(10-5-1-3-7-12(10)17(19)20)9-21-15-16-11-6-2-4-8-14(11)22-15/h1-8H,9H2. The van der Waals surface area contributed by atoms with Crippen LogP contribution in [0.5, 0.6) is 0 Å². The highest BCUT2D eigenvalue weighted by Crippen LogP contribution is 2.30. The minimum atomic E-state index is -0.532. The summed E-state index contributed by atoms with van der Waals surface area (Å²) in [4.78, 5) is 27.1. The van der Waals surface area contributed by atoms with Crippen LogP contribution in [-0.4, -0.2) is 21.4 Å². The number of ketones is 1. The van der Waals surface area contributed by atoms with Crippen LogP contribution < -0.4 is 0 Å². The molecule has 0 N–H and O–H groups in total. The minimum absolute atomic E-state index is 0.130. The summed E-state index contributed by atoms with van der Waals surface area (Å²) in [6, 6.07) is 13.7. The smallest absolute Gasteiger partial charge is 0.280 e. The van der Waals surface area contributed by atoms with Gasteiger partial charge >= 0.3 is 0 Å². The lowest BCUT2D eigenvalue weighted by Gasteiger charge is -2.00. The molecule has 0 atom stereocenters. The zero-order chi connectivity index (χ0) is 15.5. The van der Waals surface area contributed by atoms with E-state index in [9.17, 15) is 14.9 Å². The third-order valence-electron chi connectivity index (χ3n) is 3.00. The molecule has 0 amide bonds. The van der Waals surface area contributed by atoms with Crippen molar-refractivity contribution in [3.05, 3.63) is 64.2 Å². The highest BCUT2D eigenvalue weighted by Gasteiger charge is 2.19. The van der Waals surface area contributed by atoms with Gasteiger partial charge in [0.2, 0.25) is 0 Å². The van der Waals surface area contributed by atoms with E-state index in [1.807, 2.05) is 24.3 Å². The fourth-order valence-electron chi connectivity index (χ4n) is 1.99. The van der Waals surface area contributed by atoms with E-state index in [1.54, 1.807) is 12.1 Å². The number of Topliss-reactive ketones (excluding diaryl/α,β-unsaturated/α-hetero) is 1. The summed E-state index contributed by atoms with van der Waals surface area (Å²) in [5, 5.41) is 11.0. The molecular formula is C15H10N2O3S2. The maximum atomic E-state index is 12.2. The summed E-state index contributed by atoms with van der Waals surface area (Å²) < 4.78 is 1.84. The van der Waals surface area contributed by atoms with Crippen molar-refractivity contribution >= 4 is 44.8 Å². The Morgan fingerprint density at radius 3 is 2.68 bits per heavy atom. The molecule has 0 saturated heterocycles. The second-order valence-electron chi connectivity index (χ2n) is 4.43. The summed E-state index contributed by atoms with van der Waals surface area (Å²) >= 11 is 2.82. The number of hydrogen-bond acceptors (Lipinski definition) is 6. The van der Waals surface area contributed by atoms with Gasteiger partial charge in [0.05, 0.1) is 26.5 Å². The van der Waals surface area contributed by atoms with Gasteiger partial charge in [-0.05, 0) is 18.2 Å². The number of thiazole rings is 1. The van der Waals surface area contributed by atoms with Gasteiger partial charge in [-0.2, -0.15) is 0 Å². The van der Waals surface area contributed by atoms with Gasteiger partial charge in [-0.3, -0.25) is 14.9 Å². The van der Waals surface area contributed by atoms with Crippen molar-refractivity contribution in [3.8, 4) is 0 Å². The maximum Gasteiger partial charge on any atom is 0.280 e. The number of carbonyl (C=O) groups is 1. The van der Waals surface area contributed by atoms with E-state index < -0.39 is 4.92 Å². The van der Waals surface area contributed by atoms with Gasteiger partial charge in [0.25, 0.3) is 5.69 Å². The molecule has 3 aromatic rings. The van der Waals surface area contributed by atoms with Crippen molar-refractivity contribution in [2.45, 2.75) is 4.34 Å². The SMILES string of the molecule is O=C(CSc1nc2ccccc2s1)c1ccccc1[N+](=O)[O-]. The van der Waals surface area contributed by atoms with Crippen molar-refractivity contribution in [2.24, 2.45) is 0 Å². The lowest BCUT2D eigenvalue weighted by molar-refractivity contribution is -0.385. The van der Waals surface area contributed by atoms with Gasteiger partial charge in [-0.25, -0.2) is 4.98 Å². The molecule has 0 fully saturated rings. The van der Waals surface area contributed by atoms with Crippen LogP contribution in [0.15, 0.2) is 52.9 Å². The largest absolute Gasteiger partial charge is 0.293 e. The van der Waals surface area contributed by atoms with Crippen LogP contribution in [0.25, 0.3) is 10.2 Å². The van der Waals surface area contributed by atoms with Gasteiger partial charge in [0.1, 0.15) is 0 Å². The minimum Gasteiger partial charge on any atom is -0.293 e. The van der Waals surface area contributed by atoms with E-state index in [2.05, 4.69) is 4.98 Å². The molecule has 0 bridgehead atoms. The molecule has 0 aliphatic carbocycles. The van der Waals surface area contributed by atoms with Crippen molar-refractivity contribution in [2.75, 3.05) is 5.75 Å². The lowest BCUT2D eigenvalue weighted by atomic mass is 10.1. The number of nitro benzene ring substituents is 1. The predicted octanol–water partition coefficient (Wildman–Crippen LogP) is 4.18. The Hall–Kier alpha value is -2.25. The van der Waals surface area contributed by atoms with Crippen molar-refractivity contribution < 1.29 is 9.72 Å². The summed E-state index contributed by atoms with van der Waals surface area (Å²) in [6.07, 6.45) is 0. The Bertz CT molecular complexity index is 828. The normalized spacial score (nSPS) is 10.7. The molecule has 1 heterocycles. The number of nitro groups is 1. The van der Waals surface area contributed by atoms with Crippen LogP contribution in [0.1, 0.15) is 10.4 Å². The number of thioether (sulfide) groups is 1. The molecule has 1 aromatic heterocycles. The van der Waals surface area contributed by atoms with E-state index in [0.717, 1.165) is 14.6 Å². The zero-order valence-electron chi connectivity index (χ0n) is 11.3. The Balaban J connectivity index is 1.76. The Kier molecular flexibility index (Phi) is 4.17. The van der Waals surface area contributed by atoms with Crippen LogP contribution in [0.4, 0.5) is 5.69 Å². The molecule has 0 aliphatic rings. The molecule has 5 nitrogen and oxygen atoms in total. The third kappa shape index (κ3) is 3.00. The Labute approximate surface area is 134 Å². The fourth-order valence-corrected chi connectivity index (χ4v) is 3.94. The first-order valence-corrected chi connectivity index (χ1v) is 8.20. The van der Waals surface area contributed by atoms with Crippen LogP contribution in [0, 0.1) is 10.1 Å². The van der Waals surface area contributed by atoms with Gasteiger partial charge in [0, 0.05) is 6.07 Å². The molecule has 0 spiro atoms. The summed E-state index contributed by atoms with van der Waals surface area (Å²) in [5.41, 5.74) is 0.881. The molecular weight excluding hydrogens is 320 g/mol. The average Bonchev–Trinajstić information content (AvgIpc) is 2.95. The highest BCUT2D eigenvalue weighted by molar-refractivity contribution is 8.01. The second kappa shape index (κ2) is 6.25. The van der Waals surface area contributed by atoms with Crippen LogP contribution >= 0.6 is 23.1 Å². The van der Waals surface area contributed by atoms with E-state index in [0.29, 0.717) is 0 Å². The number of benzene rings is 2. The summed E-state index contributed by atoms with van der Waals surface area (Å²) in [5.74, 6) is -0.137. The number of para-hydroxylation sites is 2. The Morgan fingerprint density at radius 2 is 1.91 bits per heavy atom. The molecule has 2 aromatic carbocycles. The van der Waals surface area contributed by atoms with Gasteiger partial charge < -0.3 is 0 Å². The maximum absolute atomic E-state index is 12.2. The quantitative estimate of drug-likeness (QED) is 0.304. The number of aromatic nitrogens is 1. The molecule has 7 heteroatoms. The number of hydrogen-bond donors (Lipinski definition) is 0. The van der Waals surface area contributed by atoms with Gasteiger partial charge in [-0.15, -0.1) is 11.3 Å². The van der Waals surface area contributed by atoms with Crippen LogP contribution in [-0.2, 0) is 0 Å². The van der Waals surface area contributed by atoms with Crippen molar-refractivity contribution in [3.63, 3.8) is 0 Å². The van der Waals surface area contributed by atoms with E-state index >= 15 is 0 Å². The zero-order valence-corrected chi connectivity index (χ0v) is 12.9.